The minimum atomic E-state index is -1.02. The average molecular weight is 347 g/mol. The molecule has 1 saturated heterocycles. The molecule has 1 aliphatic heterocycles. The van der Waals surface area contributed by atoms with Crippen molar-refractivity contribution in [3.63, 3.8) is 0 Å². The predicted octanol–water partition coefficient (Wildman–Crippen LogP) is 3.19. The summed E-state index contributed by atoms with van der Waals surface area (Å²) in [5.74, 6) is -0.137. The normalized spacial score (nSPS) is 16.4. The third-order valence-electron chi connectivity index (χ3n) is 4.12. The molecule has 1 aromatic carbocycles. The Morgan fingerprint density at radius 2 is 2.21 bits per heavy atom. The fourth-order valence-corrected chi connectivity index (χ4v) is 2.99. The number of carboxylic acids is 1. The van der Waals surface area contributed by atoms with Gasteiger partial charge in [-0.2, -0.15) is 0 Å². The van der Waals surface area contributed by atoms with Gasteiger partial charge in [0, 0.05) is 37.4 Å². The lowest BCUT2D eigenvalue weighted by Gasteiger charge is -2.39. The van der Waals surface area contributed by atoms with Crippen molar-refractivity contribution in [1.29, 1.82) is 0 Å². The van der Waals surface area contributed by atoms with Crippen LogP contribution >= 0.6 is 11.6 Å². The molecular weight excluding hydrogens is 328 g/mol. The van der Waals surface area contributed by atoms with Gasteiger partial charge in [0.05, 0.1) is 5.02 Å². The summed E-state index contributed by atoms with van der Waals surface area (Å²) in [5, 5.41) is 9.32. The topological polar surface area (TPSA) is 62.7 Å². The van der Waals surface area contributed by atoms with Gasteiger partial charge in [-0.1, -0.05) is 23.7 Å². The summed E-state index contributed by atoms with van der Waals surface area (Å²) in [6.45, 7) is 4.23. The summed E-state index contributed by atoms with van der Waals surface area (Å²) in [6.07, 6.45) is 0.900. The fraction of sp³-hybridized carbons (Fsp3) is 0.333. The molecule has 1 fully saturated rings. The zero-order chi connectivity index (χ0) is 17.1. The van der Waals surface area contributed by atoms with Crippen LogP contribution in [0.2, 0.25) is 5.02 Å². The van der Waals surface area contributed by atoms with Crippen molar-refractivity contribution in [2.75, 3.05) is 13.1 Å². The van der Waals surface area contributed by atoms with Crippen LogP contribution in [0.25, 0.3) is 0 Å². The Kier molecular flexibility index (Phi) is 5.02. The van der Waals surface area contributed by atoms with E-state index in [9.17, 15) is 4.79 Å². The minimum absolute atomic E-state index is 0.394. The lowest BCUT2D eigenvalue weighted by atomic mass is 9.95. The number of pyridine rings is 1. The van der Waals surface area contributed by atoms with E-state index in [1.165, 1.54) is 6.92 Å². The molecule has 0 radical (unpaired) electrons. The first-order valence-corrected chi connectivity index (χ1v) is 8.22. The molecule has 1 N–H and O–H groups in total. The molecule has 0 bridgehead atoms. The lowest BCUT2D eigenvalue weighted by molar-refractivity contribution is -0.144. The highest BCUT2D eigenvalue weighted by Crippen LogP contribution is 2.30. The molecule has 0 saturated carbocycles. The minimum Gasteiger partial charge on any atom is -0.479 e. The number of carboxylic acid groups (broad SMARTS) is 1. The van der Waals surface area contributed by atoms with Gasteiger partial charge < -0.3 is 9.84 Å². The molecule has 0 amide bonds. The van der Waals surface area contributed by atoms with Crippen molar-refractivity contribution in [3.8, 4) is 5.75 Å². The summed E-state index contributed by atoms with van der Waals surface area (Å²) in [7, 11) is 0. The third-order valence-corrected chi connectivity index (χ3v) is 4.41. The van der Waals surface area contributed by atoms with E-state index >= 15 is 0 Å². The van der Waals surface area contributed by atoms with Crippen LogP contribution in [0.15, 0.2) is 42.6 Å². The molecule has 24 heavy (non-hydrogen) atoms. The van der Waals surface area contributed by atoms with Gasteiger partial charge in [-0.15, -0.1) is 0 Å². The van der Waals surface area contributed by atoms with Gasteiger partial charge in [-0.05, 0) is 36.8 Å². The summed E-state index contributed by atoms with van der Waals surface area (Å²) in [5.41, 5.74) is 2.22. The van der Waals surface area contributed by atoms with Gasteiger partial charge in [0.15, 0.2) is 6.10 Å². The second-order valence-electron chi connectivity index (χ2n) is 6.01. The number of aliphatic carboxylic acids is 1. The highest BCUT2D eigenvalue weighted by Gasteiger charge is 2.28. The summed E-state index contributed by atoms with van der Waals surface area (Å²) < 4.78 is 5.33. The number of halogens is 1. The van der Waals surface area contributed by atoms with E-state index < -0.39 is 12.1 Å². The van der Waals surface area contributed by atoms with Crippen LogP contribution < -0.4 is 4.74 Å². The molecule has 1 atom stereocenters. The van der Waals surface area contributed by atoms with Gasteiger partial charge >= 0.3 is 5.97 Å². The van der Waals surface area contributed by atoms with Crippen LogP contribution in [0.5, 0.6) is 5.75 Å². The van der Waals surface area contributed by atoms with Crippen molar-refractivity contribution in [2.45, 2.75) is 25.5 Å². The van der Waals surface area contributed by atoms with Crippen LogP contribution in [0.1, 0.15) is 24.1 Å². The molecule has 2 aromatic rings. The van der Waals surface area contributed by atoms with Gasteiger partial charge in [0.1, 0.15) is 5.75 Å². The quantitative estimate of drug-likeness (QED) is 0.870. The molecule has 3 rings (SSSR count). The molecule has 126 valence electrons. The third kappa shape index (κ3) is 3.86. The maximum Gasteiger partial charge on any atom is 0.344 e. The van der Waals surface area contributed by atoms with Crippen LogP contribution in [-0.2, 0) is 11.3 Å². The van der Waals surface area contributed by atoms with E-state index in [1.54, 1.807) is 6.07 Å². The van der Waals surface area contributed by atoms with E-state index in [2.05, 4.69) is 16.0 Å². The smallest absolute Gasteiger partial charge is 0.344 e. The molecule has 1 aromatic heterocycles. The van der Waals surface area contributed by atoms with Gasteiger partial charge in [-0.25, -0.2) is 4.79 Å². The SMILES string of the molecule is CC(Oc1ccc(CN2CC(c3ccccn3)C2)cc1Cl)C(=O)O. The Labute approximate surface area is 145 Å². The summed E-state index contributed by atoms with van der Waals surface area (Å²) >= 11 is 6.20. The number of hydrogen-bond donors (Lipinski definition) is 1. The van der Waals surface area contributed by atoms with Crippen molar-refractivity contribution in [1.82, 2.24) is 9.88 Å². The summed E-state index contributed by atoms with van der Waals surface area (Å²) in [6, 6.07) is 11.5. The number of carbonyl (C=O) groups is 1. The Balaban J connectivity index is 1.55. The van der Waals surface area contributed by atoms with E-state index in [4.69, 9.17) is 21.4 Å². The van der Waals surface area contributed by atoms with Gasteiger partial charge in [0.25, 0.3) is 0 Å². The van der Waals surface area contributed by atoms with Crippen LogP contribution in [0, 0.1) is 0 Å². The maximum absolute atomic E-state index is 10.8. The zero-order valence-corrected chi connectivity index (χ0v) is 14.1. The number of ether oxygens (including phenoxy) is 1. The first-order chi connectivity index (χ1) is 11.5. The number of rotatable bonds is 6. The molecule has 6 heteroatoms. The standard InChI is InChI=1S/C18H19ClN2O3/c1-12(18(22)23)24-17-6-5-13(8-15(17)19)9-21-10-14(11-21)16-4-2-3-7-20-16/h2-8,12,14H,9-11H2,1H3,(H,22,23). The molecule has 2 heterocycles. The van der Waals surface area contributed by atoms with Gasteiger partial charge in [-0.3, -0.25) is 9.88 Å². The monoisotopic (exact) mass is 346 g/mol. The number of aromatic nitrogens is 1. The molecule has 1 unspecified atom stereocenters. The zero-order valence-electron chi connectivity index (χ0n) is 13.4. The number of benzene rings is 1. The van der Waals surface area contributed by atoms with Crippen molar-refractivity contribution in [3.05, 3.63) is 58.9 Å². The second-order valence-corrected chi connectivity index (χ2v) is 6.42. The number of hydrogen-bond acceptors (Lipinski definition) is 4. The molecule has 0 aliphatic carbocycles. The van der Waals surface area contributed by atoms with Crippen molar-refractivity contribution in [2.24, 2.45) is 0 Å². The highest BCUT2D eigenvalue weighted by molar-refractivity contribution is 6.32. The van der Waals surface area contributed by atoms with E-state index in [-0.39, 0.29) is 0 Å². The second kappa shape index (κ2) is 7.20. The van der Waals surface area contributed by atoms with E-state index in [0.29, 0.717) is 16.7 Å². The first kappa shape index (κ1) is 16.7. The molecule has 5 nitrogen and oxygen atoms in total. The van der Waals surface area contributed by atoms with E-state index in [1.807, 2.05) is 30.5 Å². The van der Waals surface area contributed by atoms with Crippen LogP contribution in [0.3, 0.4) is 0 Å². The van der Waals surface area contributed by atoms with Crippen LogP contribution in [0.4, 0.5) is 0 Å². The number of nitrogens with zero attached hydrogens (tertiary/aromatic N) is 2. The largest absolute Gasteiger partial charge is 0.479 e. The first-order valence-electron chi connectivity index (χ1n) is 7.84. The van der Waals surface area contributed by atoms with Gasteiger partial charge in [0.2, 0.25) is 0 Å². The molecular formula is C18H19ClN2O3. The highest BCUT2D eigenvalue weighted by atomic mass is 35.5. The fourth-order valence-electron chi connectivity index (χ4n) is 2.74. The number of likely N-dealkylation sites (tertiary alicyclic amines) is 1. The average Bonchev–Trinajstić information content (AvgIpc) is 2.53. The van der Waals surface area contributed by atoms with E-state index in [0.717, 1.165) is 30.9 Å². The molecule has 1 aliphatic rings. The predicted molar refractivity (Wildman–Crippen MR) is 91.4 cm³/mol. The maximum atomic E-state index is 10.8. The Morgan fingerprint density at radius 1 is 1.42 bits per heavy atom. The van der Waals surface area contributed by atoms with Crippen molar-refractivity contribution < 1.29 is 14.6 Å². The van der Waals surface area contributed by atoms with Crippen molar-refractivity contribution >= 4 is 17.6 Å². The molecule has 0 spiro atoms. The lowest BCUT2D eigenvalue weighted by Crippen LogP contribution is -2.44. The summed E-state index contributed by atoms with van der Waals surface area (Å²) in [4.78, 5) is 17.6. The Morgan fingerprint density at radius 3 is 2.83 bits per heavy atom. The van der Waals surface area contributed by atoms with Crippen LogP contribution in [-0.4, -0.2) is 40.2 Å². The Bertz CT molecular complexity index is 717. The Hall–Kier alpha value is -2.11.